The van der Waals surface area contributed by atoms with Gasteiger partial charge in [0.05, 0.1) is 11.0 Å². The maximum atomic E-state index is 12.1. The van der Waals surface area contributed by atoms with E-state index in [2.05, 4.69) is 61.7 Å². The lowest BCUT2D eigenvalue weighted by atomic mass is 10.0. The Hall–Kier alpha value is -3.07. The van der Waals surface area contributed by atoms with Gasteiger partial charge in [-0.15, -0.1) is 0 Å². The molecule has 0 aliphatic heterocycles. The van der Waals surface area contributed by atoms with E-state index in [-0.39, 0.29) is 0 Å². The highest BCUT2D eigenvalue weighted by atomic mass is 16.1. The average Bonchev–Trinajstić information content (AvgIpc) is 2.97. The van der Waals surface area contributed by atoms with Crippen molar-refractivity contribution in [3.05, 3.63) is 82.4 Å². The quantitative estimate of drug-likeness (QED) is 0.509. The molecule has 3 heteroatoms. The third-order valence-corrected chi connectivity index (χ3v) is 5.48. The molecule has 28 heavy (non-hydrogen) atoms. The van der Waals surface area contributed by atoms with Gasteiger partial charge in [-0.25, -0.2) is 0 Å². The molecular formula is C25H25N2O. The van der Waals surface area contributed by atoms with E-state index in [9.17, 15) is 4.79 Å². The summed E-state index contributed by atoms with van der Waals surface area (Å²) in [7, 11) is 0. The van der Waals surface area contributed by atoms with E-state index in [4.69, 9.17) is 5.73 Å². The van der Waals surface area contributed by atoms with Gasteiger partial charge in [-0.3, -0.25) is 4.79 Å². The highest BCUT2D eigenvalue weighted by molar-refractivity contribution is 6.17. The van der Waals surface area contributed by atoms with Gasteiger partial charge in [0.2, 0.25) is 5.91 Å². The normalized spacial score (nSPS) is 11.4. The monoisotopic (exact) mass is 369 g/mol. The first-order valence-corrected chi connectivity index (χ1v) is 9.81. The Morgan fingerprint density at radius 1 is 1.11 bits per heavy atom. The summed E-state index contributed by atoms with van der Waals surface area (Å²) in [5.41, 5.74) is 13.4. The Bertz CT molecular complexity index is 1200. The number of primary amides is 1. The predicted octanol–water partition coefficient (Wildman–Crippen LogP) is 5.31. The van der Waals surface area contributed by atoms with Gasteiger partial charge in [-0.05, 0) is 61.2 Å². The van der Waals surface area contributed by atoms with E-state index in [0.29, 0.717) is 5.56 Å². The fraction of sp³-hybridized carbons (Fsp3) is 0.240. The highest BCUT2D eigenvalue weighted by Gasteiger charge is 2.17. The number of carbonyl (C=O) groups excluding carboxylic acids is 1. The van der Waals surface area contributed by atoms with Gasteiger partial charge in [-0.1, -0.05) is 49.2 Å². The minimum atomic E-state index is -0.401. The van der Waals surface area contributed by atoms with Crippen LogP contribution in [0.25, 0.3) is 21.8 Å². The summed E-state index contributed by atoms with van der Waals surface area (Å²) in [4.78, 5) is 12.1. The van der Waals surface area contributed by atoms with E-state index in [0.717, 1.165) is 41.2 Å². The molecule has 3 nitrogen and oxygen atoms in total. The second-order valence-electron chi connectivity index (χ2n) is 7.60. The summed E-state index contributed by atoms with van der Waals surface area (Å²) in [6, 6.07) is 20.1. The standard InChI is InChI=1S/C25H25N2O/c1-4-6-18-10-12-20-23(14-18)27(15-19-11-9-16(2)13-17(19)3)22-8-5-7-21(24(20)22)25(26)28/h5,7-11,13-14H,4,6,15H2,1-3H3,(H2,26,28). The maximum Gasteiger partial charge on any atom is 0.249 e. The molecule has 0 spiro atoms. The van der Waals surface area contributed by atoms with E-state index < -0.39 is 5.91 Å². The van der Waals surface area contributed by atoms with E-state index in [1.54, 1.807) is 6.07 Å². The Morgan fingerprint density at radius 3 is 2.64 bits per heavy atom. The molecule has 0 unspecified atom stereocenters. The molecule has 2 N–H and O–H groups in total. The van der Waals surface area contributed by atoms with Crippen LogP contribution in [0.3, 0.4) is 0 Å². The third kappa shape index (κ3) is 3.07. The van der Waals surface area contributed by atoms with Crippen molar-refractivity contribution in [1.29, 1.82) is 0 Å². The van der Waals surface area contributed by atoms with Crippen molar-refractivity contribution in [2.75, 3.05) is 0 Å². The number of aryl methyl sites for hydroxylation is 3. The minimum absolute atomic E-state index is 0.401. The summed E-state index contributed by atoms with van der Waals surface area (Å²) < 4.78 is 2.30. The Morgan fingerprint density at radius 2 is 1.93 bits per heavy atom. The Labute approximate surface area is 165 Å². The molecule has 0 atom stereocenters. The lowest BCUT2D eigenvalue weighted by molar-refractivity contribution is 0.100. The van der Waals surface area contributed by atoms with Crippen molar-refractivity contribution in [1.82, 2.24) is 4.57 Å². The Balaban J connectivity index is 2.02. The highest BCUT2D eigenvalue weighted by Crippen LogP contribution is 2.33. The van der Waals surface area contributed by atoms with Gasteiger partial charge in [0.15, 0.2) is 0 Å². The van der Waals surface area contributed by atoms with Crippen LogP contribution >= 0.6 is 0 Å². The van der Waals surface area contributed by atoms with Crippen LogP contribution in [0, 0.1) is 19.9 Å². The van der Waals surface area contributed by atoms with Crippen molar-refractivity contribution in [3.8, 4) is 0 Å². The summed E-state index contributed by atoms with van der Waals surface area (Å²) in [6.07, 6.45) is 2.10. The van der Waals surface area contributed by atoms with Gasteiger partial charge < -0.3 is 10.3 Å². The maximum absolute atomic E-state index is 12.1. The molecule has 0 fully saturated rings. The number of carbonyl (C=O) groups is 1. The van der Waals surface area contributed by atoms with E-state index in [1.807, 2.05) is 12.1 Å². The number of hydrogen-bond acceptors (Lipinski definition) is 1. The van der Waals surface area contributed by atoms with Crippen LogP contribution in [0.4, 0.5) is 0 Å². The van der Waals surface area contributed by atoms with Crippen LogP contribution < -0.4 is 5.73 Å². The number of hydrogen-bond donors (Lipinski definition) is 1. The van der Waals surface area contributed by atoms with Gasteiger partial charge >= 0.3 is 0 Å². The zero-order valence-electron chi connectivity index (χ0n) is 16.7. The number of aromatic nitrogens is 1. The lowest BCUT2D eigenvalue weighted by Crippen LogP contribution is -2.11. The first kappa shape index (κ1) is 18.3. The molecule has 0 saturated carbocycles. The summed E-state index contributed by atoms with van der Waals surface area (Å²) in [5, 5.41) is 1.87. The molecule has 4 aromatic rings. The van der Waals surface area contributed by atoms with Crippen LogP contribution in [0.2, 0.25) is 0 Å². The van der Waals surface area contributed by atoms with Gasteiger partial charge in [0.1, 0.15) is 0 Å². The van der Waals surface area contributed by atoms with Gasteiger partial charge in [-0.2, -0.15) is 0 Å². The van der Waals surface area contributed by atoms with Gasteiger partial charge in [0, 0.05) is 22.9 Å². The van der Waals surface area contributed by atoms with Crippen LogP contribution in [0.15, 0.2) is 48.5 Å². The lowest BCUT2D eigenvalue weighted by Gasteiger charge is -2.12. The predicted molar refractivity (Wildman–Crippen MR) is 116 cm³/mol. The first-order chi connectivity index (χ1) is 13.5. The number of nitrogens with two attached hydrogens (primary N) is 1. The number of benzene rings is 3. The molecule has 4 rings (SSSR count). The molecule has 1 heterocycles. The summed E-state index contributed by atoms with van der Waals surface area (Å²) in [5.74, 6) is -0.401. The molecule has 0 bridgehead atoms. The molecule has 1 amide bonds. The van der Waals surface area contributed by atoms with Crippen molar-refractivity contribution >= 4 is 27.7 Å². The second kappa shape index (κ2) is 7.16. The second-order valence-corrected chi connectivity index (χ2v) is 7.60. The molecule has 0 aliphatic rings. The largest absolute Gasteiger partial charge is 0.366 e. The zero-order valence-corrected chi connectivity index (χ0v) is 16.7. The number of fused-ring (bicyclic) bond motifs is 3. The van der Waals surface area contributed by atoms with Crippen LogP contribution in [0.1, 0.15) is 46.0 Å². The third-order valence-electron chi connectivity index (χ3n) is 5.48. The van der Waals surface area contributed by atoms with Crippen molar-refractivity contribution in [2.24, 2.45) is 5.73 Å². The average molecular weight is 369 g/mol. The SMILES string of the molecule is CCCc1c[c]c2c3c(C(N)=O)cccc3n(Cc3ccc(C)cc3C)c2c1. The van der Waals surface area contributed by atoms with Gasteiger partial charge in [0.25, 0.3) is 0 Å². The number of nitrogens with zero attached hydrogens (tertiary/aromatic N) is 1. The van der Waals surface area contributed by atoms with E-state index in [1.165, 1.54) is 22.3 Å². The van der Waals surface area contributed by atoms with Crippen LogP contribution in [-0.4, -0.2) is 10.5 Å². The van der Waals surface area contributed by atoms with E-state index >= 15 is 0 Å². The smallest absolute Gasteiger partial charge is 0.249 e. The first-order valence-electron chi connectivity index (χ1n) is 9.81. The summed E-state index contributed by atoms with van der Waals surface area (Å²) >= 11 is 0. The molecule has 1 aromatic heterocycles. The number of rotatable bonds is 5. The molecule has 141 valence electrons. The van der Waals surface area contributed by atoms with Crippen molar-refractivity contribution in [2.45, 2.75) is 40.2 Å². The van der Waals surface area contributed by atoms with Crippen LogP contribution in [-0.2, 0) is 13.0 Å². The fourth-order valence-electron chi connectivity index (χ4n) is 4.10. The topological polar surface area (TPSA) is 48.0 Å². The summed E-state index contributed by atoms with van der Waals surface area (Å²) in [6.45, 7) is 7.19. The molecule has 3 aromatic carbocycles. The molecule has 1 radical (unpaired) electrons. The minimum Gasteiger partial charge on any atom is -0.366 e. The Kier molecular flexibility index (Phi) is 4.68. The zero-order chi connectivity index (χ0) is 19.8. The molecular weight excluding hydrogens is 344 g/mol. The molecule has 0 saturated heterocycles. The fourth-order valence-corrected chi connectivity index (χ4v) is 4.10. The van der Waals surface area contributed by atoms with Crippen molar-refractivity contribution < 1.29 is 4.79 Å². The molecule has 0 aliphatic carbocycles. The van der Waals surface area contributed by atoms with Crippen LogP contribution in [0.5, 0.6) is 0 Å². The van der Waals surface area contributed by atoms with Crippen molar-refractivity contribution in [3.63, 3.8) is 0 Å². The number of amides is 1.